The van der Waals surface area contributed by atoms with Gasteiger partial charge in [-0.25, -0.2) is 4.39 Å². The molecule has 1 heterocycles. The molecule has 2 atom stereocenters. The van der Waals surface area contributed by atoms with Gasteiger partial charge in [0.05, 0.1) is 0 Å². The van der Waals surface area contributed by atoms with E-state index in [0.717, 1.165) is 40.9 Å². The molecule has 2 unspecified atom stereocenters. The molecule has 4 aromatic rings. The monoisotopic (exact) mass is 523 g/mol. The topological polar surface area (TPSA) is 58.8 Å². The Morgan fingerprint density at radius 1 is 0.846 bits per heavy atom. The predicted octanol–water partition coefficient (Wildman–Crippen LogP) is 6.24. The Morgan fingerprint density at radius 2 is 1.41 bits per heavy atom. The van der Waals surface area contributed by atoms with E-state index in [1.54, 1.807) is 0 Å². The van der Waals surface area contributed by atoms with Gasteiger partial charge in [0, 0.05) is 48.5 Å². The number of amides is 1. The van der Waals surface area contributed by atoms with Crippen molar-refractivity contribution in [2.24, 2.45) is 0 Å². The SMILES string of the molecule is CC1CN(C(=O)COc2c(-c3ccccc3)cc(N)cc2-c2ccccc2)C(C)CN1Cc1ccc(F)cc1. The Morgan fingerprint density at radius 3 is 1.97 bits per heavy atom. The fraction of sp³-hybridized carbons (Fsp3) is 0.242. The third kappa shape index (κ3) is 6.13. The maximum absolute atomic E-state index is 13.5. The third-order valence-corrected chi connectivity index (χ3v) is 7.36. The first-order valence-corrected chi connectivity index (χ1v) is 13.3. The van der Waals surface area contributed by atoms with Gasteiger partial charge in [-0.1, -0.05) is 72.8 Å². The van der Waals surface area contributed by atoms with Crippen LogP contribution in [-0.2, 0) is 11.3 Å². The lowest BCUT2D eigenvalue weighted by atomic mass is 9.96. The van der Waals surface area contributed by atoms with Crippen molar-refractivity contribution in [3.05, 3.63) is 108 Å². The number of nitrogens with two attached hydrogens (primary N) is 1. The van der Waals surface area contributed by atoms with E-state index >= 15 is 0 Å². The largest absolute Gasteiger partial charge is 0.482 e. The summed E-state index contributed by atoms with van der Waals surface area (Å²) < 4.78 is 19.7. The second-order valence-electron chi connectivity index (χ2n) is 10.3. The van der Waals surface area contributed by atoms with Crippen molar-refractivity contribution >= 4 is 11.6 Å². The fourth-order valence-electron chi connectivity index (χ4n) is 5.28. The molecule has 0 aromatic heterocycles. The van der Waals surface area contributed by atoms with Gasteiger partial charge >= 0.3 is 0 Å². The summed E-state index contributed by atoms with van der Waals surface area (Å²) >= 11 is 0. The van der Waals surface area contributed by atoms with Crippen molar-refractivity contribution in [2.75, 3.05) is 25.4 Å². The quantitative estimate of drug-likeness (QED) is 0.291. The second-order valence-corrected chi connectivity index (χ2v) is 10.3. The minimum Gasteiger partial charge on any atom is -0.482 e. The highest BCUT2D eigenvalue weighted by atomic mass is 19.1. The molecule has 1 amide bonds. The van der Waals surface area contributed by atoms with Crippen molar-refractivity contribution < 1.29 is 13.9 Å². The molecule has 4 aromatic carbocycles. The molecule has 200 valence electrons. The zero-order valence-electron chi connectivity index (χ0n) is 22.4. The van der Waals surface area contributed by atoms with Crippen LogP contribution in [0, 0.1) is 5.82 Å². The molecule has 5 nitrogen and oxygen atoms in total. The fourth-order valence-corrected chi connectivity index (χ4v) is 5.28. The van der Waals surface area contributed by atoms with E-state index in [2.05, 4.69) is 18.7 Å². The van der Waals surface area contributed by atoms with Crippen LogP contribution < -0.4 is 10.5 Å². The molecule has 0 saturated carbocycles. The van der Waals surface area contributed by atoms with Crippen molar-refractivity contribution in [3.8, 4) is 28.0 Å². The van der Waals surface area contributed by atoms with Gasteiger partial charge in [0.2, 0.25) is 0 Å². The van der Waals surface area contributed by atoms with E-state index in [1.807, 2.05) is 89.8 Å². The molecule has 0 radical (unpaired) electrons. The average Bonchev–Trinajstić information content (AvgIpc) is 2.95. The highest BCUT2D eigenvalue weighted by molar-refractivity contribution is 5.87. The lowest BCUT2D eigenvalue weighted by molar-refractivity contribution is -0.139. The zero-order valence-corrected chi connectivity index (χ0v) is 22.4. The van der Waals surface area contributed by atoms with Crippen LogP contribution in [0.3, 0.4) is 0 Å². The van der Waals surface area contributed by atoms with Gasteiger partial charge in [-0.05, 0) is 54.8 Å². The van der Waals surface area contributed by atoms with E-state index in [-0.39, 0.29) is 30.4 Å². The minimum absolute atomic E-state index is 0.0198. The molecule has 39 heavy (non-hydrogen) atoms. The Balaban J connectivity index is 1.35. The summed E-state index contributed by atoms with van der Waals surface area (Å²) in [4.78, 5) is 17.8. The van der Waals surface area contributed by atoms with Crippen molar-refractivity contribution in [1.29, 1.82) is 0 Å². The van der Waals surface area contributed by atoms with Crippen LogP contribution in [0.5, 0.6) is 5.75 Å². The van der Waals surface area contributed by atoms with Gasteiger partial charge in [-0.3, -0.25) is 9.69 Å². The maximum atomic E-state index is 13.5. The van der Waals surface area contributed by atoms with Crippen molar-refractivity contribution in [3.63, 3.8) is 0 Å². The number of halogens is 1. The average molecular weight is 524 g/mol. The Kier molecular flexibility index (Phi) is 7.94. The first-order chi connectivity index (χ1) is 18.9. The number of rotatable bonds is 7. The summed E-state index contributed by atoms with van der Waals surface area (Å²) in [6.07, 6.45) is 0. The van der Waals surface area contributed by atoms with Crippen LogP contribution in [0.4, 0.5) is 10.1 Å². The van der Waals surface area contributed by atoms with Gasteiger partial charge in [0.15, 0.2) is 6.61 Å². The van der Waals surface area contributed by atoms with E-state index in [0.29, 0.717) is 18.0 Å². The molecule has 0 bridgehead atoms. The molecular formula is C33H34FN3O2. The molecule has 0 aliphatic carbocycles. The van der Waals surface area contributed by atoms with E-state index in [1.165, 1.54) is 12.1 Å². The van der Waals surface area contributed by atoms with Crippen LogP contribution in [0.1, 0.15) is 19.4 Å². The molecule has 2 N–H and O–H groups in total. The van der Waals surface area contributed by atoms with Crippen LogP contribution in [-0.4, -0.2) is 47.5 Å². The van der Waals surface area contributed by atoms with Crippen LogP contribution in [0.15, 0.2) is 97.1 Å². The standard InChI is InChI=1S/C33H34FN3O2/c1-23-20-37(24(2)19-36(23)21-25-13-15-28(34)16-14-25)32(38)22-39-33-30(26-9-5-3-6-10-26)17-29(35)18-31(33)27-11-7-4-8-12-27/h3-18,23-24H,19-22,35H2,1-2H3. The lowest BCUT2D eigenvalue weighted by Crippen LogP contribution is -2.58. The first kappa shape index (κ1) is 26.4. The summed E-state index contributed by atoms with van der Waals surface area (Å²) in [6.45, 7) is 6.17. The van der Waals surface area contributed by atoms with Crippen molar-refractivity contribution in [1.82, 2.24) is 9.80 Å². The van der Waals surface area contributed by atoms with Crippen LogP contribution >= 0.6 is 0 Å². The summed E-state index contributed by atoms with van der Waals surface area (Å²) in [5, 5.41) is 0. The maximum Gasteiger partial charge on any atom is 0.260 e. The molecule has 0 spiro atoms. The van der Waals surface area contributed by atoms with Crippen molar-refractivity contribution in [2.45, 2.75) is 32.5 Å². The lowest BCUT2D eigenvalue weighted by Gasteiger charge is -2.44. The Bertz CT molecular complexity index is 1350. The minimum atomic E-state index is -0.234. The molecule has 1 saturated heterocycles. The van der Waals surface area contributed by atoms with Gasteiger partial charge in [0.1, 0.15) is 11.6 Å². The summed E-state index contributed by atoms with van der Waals surface area (Å²) in [6, 6.07) is 30.5. The van der Waals surface area contributed by atoms with E-state index in [9.17, 15) is 9.18 Å². The number of hydrogen-bond donors (Lipinski definition) is 1. The van der Waals surface area contributed by atoms with Crippen LogP contribution in [0.25, 0.3) is 22.3 Å². The molecule has 1 fully saturated rings. The van der Waals surface area contributed by atoms with Crippen LogP contribution in [0.2, 0.25) is 0 Å². The number of carbonyl (C=O) groups excluding carboxylic acids is 1. The Labute approximate surface area is 229 Å². The van der Waals surface area contributed by atoms with E-state index in [4.69, 9.17) is 10.5 Å². The Hall–Kier alpha value is -4.16. The molecule has 5 rings (SSSR count). The number of piperazine rings is 1. The smallest absolute Gasteiger partial charge is 0.260 e. The number of nitrogen functional groups attached to an aromatic ring is 1. The van der Waals surface area contributed by atoms with E-state index < -0.39 is 0 Å². The highest BCUT2D eigenvalue weighted by Gasteiger charge is 2.32. The zero-order chi connectivity index (χ0) is 27.4. The number of benzene rings is 4. The first-order valence-electron chi connectivity index (χ1n) is 13.3. The number of anilines is 1. The molecule has 1 aliphatic heterocycles. The summed E-state index contributed by atoms with van der Waals surface area (Å²) in [5.74, 6) is 0.360. The van der Waals surface area contributed by atoms with Gasteiger partial charge in [0.25, 0.3) is 5.91 Å². The summed E-state index contributed by atoms with van der Waals surface area (Å²) in [5.41, 5.74) is 11.7. The summed E-state index contributed by atoms with van der Waals surface area (Å²) in [7, 11) is 0. The van der Waals surface area contributed by atoms with Gasteiger partial charge in [-0.15, -0.1) is 0 Å². The van der Waals surface area contributed by atoms with Gasteiger partial charge in [-0.2, -0.15) is 0 Å². The second kappa shape index (κ2) is 11.7. The number of hydrogen-bond acceptors (Lipinski definition) is 4. The number of carbonyl (C=O) groups is 1. The third-order valence-electron chi connectivity index (χ3n) is 7.36. The highest BCUT2D eigenvalue weighted by Crippen LogP contribution is 2.41. The normalized spacial score (nSPS) is 17.7. The molecule has 6 heteroatoms. The number of ether oxygens (including phenoxy) is 1. The molecular weight excluding hydrogens is 489 g/mol. The van der Waals surface area contributed by atoms with Gasteiger partial charge < -0.3 is 15.4 Å². The number of nitrogens with zero attached hydrogens (tertiary/aromatic N) is 2. The predicted molar refractivity (Wildman–Crippen MR) is 155 cm³/mol. The molecule has 1 aliphatic rings.